The molecule has 6 heteroatoms. The van der Waals surface area contributed by atoms with Crippen molar-refractivity contribution in [3.8, 4) is 11.4 Å². The number of rotatable bonds is 4. The van der Waals surface area contributed by atoms with Crippen LogP contribution in [0.25, 0.3) is 11.4 Å². The van der Waals surface area contributed by atoms with E-state index in [0.29, 0.717) is 6.54 Å². The van der Waals surface area contributed by atoms with Gasteiger partial charge in [0.15, 0.2) is 5.82 Å². The van der Waals surface area contributed by atoms with Gasteiger partial charge < -0.3 is 15.6 Å². The summed E-state index contributed by atoms with van der Waals surface area (Å²) in [5.74, 6) is 0.716. The maximum Gasteiger partial charge on any atom is 0.231 e. The molecule has 2 aromatic rings. The largest absolute Gasteiger partial charge is 0.329 e. The number of hydrogen-bond acceptors (Lipinski definition) is 4. The van der Waals surface area contributed by atoms with Gasteiger partial charge in [-0.2, -0.15) is 0 Å². The summed E-state index contributed by atoms with van der Waals surface area (Å²) in [5.41, 5.74) is 6.92. The highest BCUT2D eigenvalue weighted by atomic mass is 16.2. The molecular formula is C14H17N5O. The zero-order valence-electron chi connectivity index (χ0n) is 11.3. The van der Waals surface area contributed by atoms with Gasteiger partial charge in [-0.05, 0) is 25.0 Å². The number of hydrogen-bond donors (Lipinski definition) is 2. The number of para-hydroxylation sites is 1. The summed E-state index contributed by atoms with van der Waals surface area (Å²) in [6.45, 7) is 0.394. The monoisotopic (exact) mass is 271 g/mol. The number of nitrogens with one attached hydrogen (secondary N) is 1. The van der Waals surface area contributed by atoms with Gasteiger partial charge in [0.05, 0.1) is 11.1 Å². The lowest BCUT2D eigenvalue weighted by molar-refractivity contribution is -0.120. The fourth-order valence-corrected chi connectivity index (χ4v) is 2.24. The summed E-state index contributed by atoms with van der Waals surface area (Å²) in [6, 6.07) is 7.59. The third-order valence-corrected chi connectivity index (χ3v) is 3.85. The van der Waals surface area contributed by atoms with Crippen molar-refractivity contribution in [2.75, 3.05) is 11.9 Å². The molecule has 1 aliphatic rings. The Morgan fingerprint density at radius 3 is 2.80 bits per heavy atom. The molecule has 6 nitrogen and oxygen atoms in total. The van der Waals surface area contributed by atoms with Crippen LogP contribution in [0.2, 0.25) is 0 Å². The van der Waals surface area contributed by atoms with Crippen LogP contribution in [0.1, 0.15) is 12.8 Å². The summed E-state index contributed by atoms with van der Waals surface area (Å²) < 4.78 is 1.82. The molecule has 1 aliphatic carbocycles. The third kappa shape index (κ3) is 2.08. The van der Waals surface area contributed by atoms with Gasteiger partial charge in [-0.15, -0.1) is 10.2 Å². The first kappa shape index (κ1) is 12.8. The molecule has 1 saturated carbocycles. The van der Waals surface area contributed by atoms with E-state index in [9.17, 15) is 4.79 Å². The molecule has 1 amide bonds. The van der Waals surface area contributed by atoms with Crippen LogP contribution in [0.4, 0.5) is 5.69 Å². The van der Waals surface area contributed by atoms with E-state index in [1.807, 2.05) is 35.9 Å². The Morgan fingerprint density at radius 1 is 1.45 bits per heavy atom. The van der Waals surface area contributed by atoms with Crippen molar-refractivity contribution in [2.24, 2.45) is 18.2 Å². The van der Waals surface area contributed by atoms with Crippen LogP contribution < -0.4 is 11.1 Å². The van der Waals surface area contributed by atoms with Crippen LogP contribution in [0.3, 0.4) is 0 Å². The summed E-state index contributed by atoms with van der Waals surface area (Å²) in [7, 11) is 1.87. The predicted molar refractivity (Wildman–Crippen MR) is 75.8 cm³/mol. The number of aromatic nitrogens is 3. The SMILES string of the molecule is Cn1cnnc1-c1ccccc1NC(=O)C1(CN)CC1. The number of benzene rings is 1. The molecule has 3 N–H and O–H groups in total. The minimum atomic E-state index is -0.368. The number of carbonyl (C=O) groups is 1. The Balaban J connectivity index is 1.91. The minimum absolute atomic E-state index is 0.00498. The lowest BCUT2D eigenvalue weighted by Gasteiger charge is -2.15. The average molecular weight is 271 g/mol. The summed E-state index contributed by atoms with van der Waals surface area (Å²) in [4.78, 5) is 12.3. The Morgan fingerprint density at radius 2 is 2.20 bits per heavy atom. The van der Waals surface area contributed by atoms with Crippen molar-refractivity contribution in [2.45, 2.75) is 12.8 Å². The molecule has 0 unspecified atom stereocenters. The number of nitrogens with zero attached hydrogens (tertiary/aromatic N) is 3. The van der Waals surface area contributed by atoms with Crippen molar-refractivity contribution >= 4 is 11.6 Å². The molecule has 20 heavy (non-hydrogen) atoms. The van der Waals surface area contributed by atoms with E-state index < -0.39 is 0 Å². The van der Waals surface area contributed by atoms with Crippen molar-refractivity contribution in [1.82, 2.24) is 14.8 Å². The van der Waals surface area contributed by atoms with E-state index in [4.69, 9.17) is 5.73 Å². The van der Waals surface area contributed by atoms with Crippen LogP contribution >= 0.6 is 0 Å². The van der Waals surface area contributed by atoms with Gasteiger partial charge in [0.25, 0.3) is 0 Å². The van der Waals surface area contributed by atoms with Crippen molar-refractivity contribution in [1.29, 1.82) is 0 Å². The highest BCUT2D eigenvalue weighted by molar-refractivity contribution is 6.00. The van der Waals surface area contributed by atoms with Gasteiger partial charge in [-0.3, -0.25) is 4.79 Å². The number of nitrogens with two attached hydrogens (primary N) is 1. The summed E-state index contributed by atoms with van der Waals surface area (Å²) in [6.07, 6.45) is 3.36. The first-order valence-corrected chi connectivity index (χ1v) is 6.61. The van der Waals surface area contributed by atoms with Crippen LogP contribution in [-0.2, 0) is 11.8 Å². The topological polar surface area (TPSA) is 85.8 Å². The Labute approximate surface area is 117 Å². The Kier molecular flexibility index (Phi) is 3.02. The van der Waals surface area contributed by atoms with Crippen LogP contribution in [0, 0.1) is 5.41 Å². The highest BCUT2D eigenvalue weighted by Crippen LogP contribution is 2.45. The zero-order chi connectivity index (χ0) is 14.2. The van der Waals surface area contributed by atoms with Crippen molar-refractivity contribution in [3.63, 3.8) is 0 Å². The highest BCUT2D eigenvalue weighted by Gasteiger charge is 2.48. The molecule has 1 heterocycles. The normalized spacial score (nSPS) is 15.9. The number of aryl methyl sites for hydroxylation is 1. The molecule has 104 valence electrons. The first-order valence-electron chi connectivity index (χ1n) is 6.61. The molecule has 1 aromatic heterocycles. The van der Waals surface area contributed by atoms with Gasteiger partial charge in [0, 0.05) is 19.2 Å². The van der Waals surface area contributed by atoms with Gasteiger partial charge in [-0.1, -0.05) is 12.1 Å². The molecule has 1 fully saturated rings. The maximum atomic E-state index is 12.3. The first-order chi connectivity index (χ1) is 9.66. The zero-order valence-corrected chi connectivity index (χ0v) is 11.3. The van der Waals surface area contributed by atoms with Gasteiger partial charge in [-0.25, -0.2) is 0 Å². The second kappa shape index (κ2) is 4.72. The second-order valence-electron chi connectivity index (χ2n) is 5.25. The lowest BCUT2D eigenvalue weighted by atomic mass is 10.1. The van der Waals surface area contributed by atoms with Gasteiger partial charge in [0.2, 0.25) is 5.91 Å². The average Bonchev–Trinajstić information content (AvgIpc) is 3.16. The van der Waals surface area contributed by atoms with Crippen molar-refractivity contribution < 1.29 is 4.79 Å². The molecule has 1 aromatic carbocycles. The fourth-order valence-electron chi connectivity index (χ4n) is 2.24. The Hall–Kier alpha value is -2.21. The third-order valence-electron chi connectivity index (χ3n) is 3.85. The molecule has 0 aliphatic heterocycles. The number of anilines is 1. The standard InChI is InChI=1S/C14H17N5O/c1-19-9-16-18-12(19)10-4-2-3-5-11(10)17-13(20)14(8-15)6-7-14/h2-5,9H,6-8,15H2,1H3,(H,17,20). The van der Waals surface area contributed by atoms with Crippen molar-refractivity contribution in [3.05, 3.63) is 30.6 Å². The van der Waals surface area contributed by atoms with Crippen LogP contribution in [0.15, 0.2) is 30.6 Å². The predicted octanol–water partition coefficient (Wildman–Crippen LogP) is 1.16. The molecule has 0 atom stereocenters. The van der Waals surface area contributed by atoms with Gasteiger partial charge >= 0.3 is 0 Å². The second-order valence-corrected chi connectivity index (χ2v) is 5.25. The fraction of sp³-hybridized carbons (Fsp3) is 0.357. The molecule has 3 rings (SSSR count). The summed E-state index contributed by atoms with van der Waals surface area (Å²) in [5, 5.41) is 10.9. The lowest BCUT2D eigenvalue weighted by Crippen LogP contribution is -2.31. The Bertz CT molecular complexity index is 645. The van der Waals surface area contributed by atoms with Gasteiger partial charge in [0.1, 0.15) is 6.33 Å². The number of carbonyl (C=O) groups excluding carboxylic acids is 1. The maximum absolute atomic E-state index is 12.3. The van der Waals surface area contributed by atoms with E-state index in [1.54, 1.807) is 6.33 Å². The molecular weight excluding hydrogens is 254 g/mol. The minimum Gasteiger partial charge on any atom is -0.329 e. The quantitative estimate of drug-likeness (QED) is 0.873. The molecule has 0 radical (unpaired) electrons. The van der Waals surface area contributed by atoms with E-state index in [2.05, 4.69) is 15.5 Å². The molecule has 0 spiro atoms. The van der Waals surface area contributed by atoms with Crippen LogP contribution in [-0.4, -0.2) is 27.2 Å². The smallest absolute Gasteiger partial charge is 0.231 e. The molecule has 0 bridgehead atoms. The summed E-state index contributed by atoms with van der Waals surface area (Å²) >= 11 is 0. The van der Waals surface area contributed by atoms with E-state index in [0.717, 1.165) is 29.9 Å². The van der Waals surface area contributed by atoms with E-state index in [-0.39, 0.29) is 11.3 Å². The van der Waals surface area contributed by atoms with Crippen LogP contribution in [0.5, 0.6) is 0 Å². The number of amides is 1. The molecule has 0 saturated heterocycles. The van der Waals surface area contributed by atoms with E-state index >= 15 is 0 Å². The van der Waals surface area contributed by atoms with E-state index in [1.165, 1.54) is 0 Å².